The summed E-state index contributed by atoms with van der Waals surface area (Å²) in [6, 6.07) is 17.5. The standard InChI is InChI=1S/C22H23N3O2S/c1-25(2)14-15-27-20-11-7-6-10-18(20)19-16-28-22(23-19)24-21(26)13-12-17-8-4-3-5-9-17/h3-13,16H,14-15H2,1-2H3,(H,23,24,26)/b13-12+. The van der Waals surface area contributed by atoms with E-state index in [9.17, 15) is 4.79 Å². The van der Waals surface area contributed by atoms with Crippen LogP contribution in [0.15, 0.2) is 66.1 Å². The number of para-hydroxylation sites is 1. The summed E-state index contributed by atoms with van der Waals surface area (Å²) in [6.07, 6.45) is 3.28. The molecule has 5 nitrogen and oxygen atoms in total. The number of carbonyl (C=O) groups is 1. The molecule has 1 N–H and O–H groups in total. The molecule has 1 amide bonds. The Kier molecular flexibility index (Phi) is 6.94. The van der Waals surface area contributed by atoms with E-state index in [1.807, 2.05) is 74.1 Å². The first kappa shape index (κ1) is 19.8. The number of carbonyl (C=O) groups excluding carboxylic acids is 1. The monoisotopic (exact) mass is 393 g/mol. The molecule has 0 bridgehead atoms. The molecule has 0 spiro atoms. The molecule has 0 unspecified atom stereocenters. The molecule has 0 radical (unpaired) electrons. The van der Waals surface area contributed by atoms with Crippen LogP contribution in [-0.4, -0.2) is 43.0 Å². The van der Waals surface area contributed by atoms with Gasteiger partial charge in [0.25, 0.3) is 0 Å². The van der Waals surface area contributed by atoms with Gasteiger partial charge in [0, 0.05) is 23.6 Å². The Labute approximate surface area is 169 Å². The maximum absolute atomic E-state index is 12.1. The molecule has 2 aromatic carbocycles. The molecule has 3 rings (SSSR count). The highest BCUT2D eigenvalue weighted by atomic mass is 32.1. The Bertz CT molecular complexity index is 936. The van der Waals surface area contributed by atoms with Crippen molar-refractivity contribution < 1.29 is 9.53 Å². The molecule has 3 aromatic rings. The number of hydrogen-bond acceptors (Lipinski definition) is 5. The highest BCUT2D eigenvalue weighted by Gasteiger charge is 2.11. The lowest BCUT2D eigenvalue weighted by Gasteiger charge is -2.13. The van der Waals surface area contributed by atoms with E-state index in [-0.39, 0.29) is 5.91 Å². The minimum absolute atomic E-state index is 0.208. The maximum atomic E-state index is 12.1. The van der Waals surface area contributed by atoms with E-state index in [0.29, 0.717) is 11.7 Å². The van der Waals surface area contributed by atoms with Crippen LogP contribution in [0.1, 0.15) is 5.56 Å². The second-order valence-electron chi connectivity index (χ2n) is 6.42. The fourth-order valence-corrected chi connectivity index (χ4v) is 3.19. The third kappa shape index (κ3) is 5.77. The molecule has 0 atom stereocenters. The van der Waals surface area contributed by atoms with Crippen molar-refractivity contribution >= 4 is 28.5 Å². The number of aromatic nitrogens is 1. The molecule has 0 aliphatic rings. The first-order valence-corrected chi connectivity index (χ1v) is 9.86. The zero-order chi connectivity index (χ0) is 19.8. The summed E-state index contributed by atoms with van der Waals surface area (Å²) >= 11 is 1.39. The van der Waals surface area contributed by atoms with Crippen LogP contribution >= 0.6 is 11.3 Å². The summed E-state index contributed by atoms with van der Waals surface area (Å²) in [5.74, 6) is 0.580. The summed E-state index contributed by atoms with van der Waals surface area (Å²) in [5, 5.41) is 5.29. The molecular weight excluding hydrogens is 370 g/mol. The highest BCUT2D eigenvalue weighted by Crippen LogP contribution is 2.32. The molecule has 28 heavy (non-hydrogen) atoms. The summed E-state index contributed by atoms with van der Waals surface area (Å²) < 4.78 is 5.90. The van der Waals surface area contributed by atoms with E-state index in [1.165, 1.54) is 17.4 Å². The molecule has 144 valence electrons. The van der Waals surface area contributed by atoms with Crippen LogP contribution in [0.4, 0.5) is 5.13 Å². The minimum Gasteiger partial charge on any atom is -0.492 e. The minimum atomic E-state index is -0.208. The van der Waals surface area contributed by atoms with Crippen molar-refractivity contribution in [2.24, 2.45) is 0 Å². The van der Waals surface area contributed by atoms with E-state index in [4.69, 9.17) is 4.74 Å². The van der Waals surface area contributed by atoms with E-state index >= 15 is 0 Å². The molecular formula is C22H23N3O2S. The Morgan fingerprint density at radius 3 is 2.68 bits per heavy atom. The van der Waals surface area contributed by atoms with Gasteiger partial charge in [-0.3, -0.25) is 10.1 Å². The van der Waals surface area contributed by atoms with Crippen molar-refractivity contribution in [3.8, 4) is 17.0 Å². The summed E-state index contributed by atoms with van der Waals surface area (Å²) in [5.41, 5.74) is 2.67. The predicted molar refractivity (Wildman–Crippen MR) is 116 cm³/mol. The lowest BCUT2D eigenvalue weighted by molar-refractivity contribution is -0.111. The lowest BCUT2D eigenvalue weighted by Crippen LogP contribution is -2.19. The van der Waals surface area contributed by atoms with Crippen LogP contribution in [0.3, 0.4) is 0 Å². The third-order valence-electron chi connectivity index (χ3n) is 3.92. The number of likely N-dealkylation sites (N-methyl/N-ethyl adjacent to an activating group) is 1. The average Bonchev–Trinajstić information content (AvgIpc) is 3.15. The lowest BCUT2D eigenvalue weighted by atomic mass is 10.1. The second-order valence-corrected chi connectivity index (χ2v) is 7.28. The van der Waals surface area contributed by atoms with Gasteiger partial charge in [-0.05, 0) is 37.9 Å². The van der Waals surface area contributed by atoms with E-state index in [2.05, 4.69) is 15.2 Å². The third-order valence-corrected chi connectivity index (χ3v) is 4.68. The quantitative estimate of drug-likeness (QED) is 0.576. The van der Waals surface area contributed by atoms with Crippen LogP contribution in [0.2, 0.25) is 0 Å². The number of nitrogens with one attached hydrogen (secondary N) is 1. The Morgan fingerprint density at radius 2 is 1.89 bits per heavy atom. The molecule has 0 saturated carbocycles. The molecule has 0 aliphatic heterocycles. The fraction of sp³-hybridized carbons (Fsp3) is 0.182. The molecule has 1 heterocycles. The number of hydrogen-bond donors (Lipinski definition) is 1. The molecule has 0 saturated heterocycles. The topological polar surface area (TPSA) is 54.5 Å². The molecule has 0 fully saturated rings. The normalized spacial score (nSPS) is 11.1. The first-order chi connectivity index (χ1) is 13.6. The number of amides is 1. The average molecular weight is 394 g/mol. The van der Waals surface area contributed by atoms with Crippen molar-refractivity contribution in [3.05, 3.63) is 71.6 Å². The van der Waals surface area contributed by atoms with E-state index in [1.54, 1.807) is 6.08 Å². The SMILES string of the molecule is CN(C)CCOc1ccccc1-c1csc(NC(=O)/C=C/c2ccccc2)n1. The van der Waals surface area contributed by atoms with Crippen LogP contribution < -0.4 is 10.1 Å². The van der Waals surface area contributed by atoms with Crippen molar-refractivity contribution in [2.45, 2.75) is 0 Å². The van der Waals surface area contributed by atoms with Crippen molar-refractivity contribution in [3.63, 3.8) is 0 Å². The van der Waals surface area contributed by atoms with E-state index < -0.39 is 0 Å². The molecule has 0 aliphatic carbocycles. The maximum Gasteiger partial charge on any atom is 0.250 e. The van der Waals surface area contributed by atoms with E-state index in [0.717, 1.165) is 29.1 Å². The number of anilines is 1. The van der Waals surface area contributed by atoms with Gasteiger partial charge in [-0.25, -0.2) is 4.98 Å². The summed E-state index contributed by atoms with van der Waals surface area (Å²) in [4.78, 5) is 18.8. The van der Waals surface area contributed by atoms with Crippen LogP contribution in [0.5, 0.6) is 5.75 Å². The van der Waals surface area contributed by atoms with Gasteiger partial charge in [0.2, 0.25) is 5.91 Å². The van der Waals surface area contributed by atoms with Gasteiger partial charge in [0.1, 0.15) is 12.4 Å². The van der Waals surface area contributed by atoms with Crippen LogP contribution in [0, 0.1) is 0 Å². The molecule has 1 aromatic heterocycles. The number of thiazole rings is 1. The van der Waals surface area contributed by atoms with Gasteiger partial charge in [-0.15, -0.1) is 11.3 Å². The number of rotatable bonds is 8. The number of benzene rings is 2. The fourth-order valence-electron chi connectivity index (χ4n) is 2.48. The highest BCUT2D eigenvalue weighted by molar-refractivity contribution is 7.14. The predicted octanol–water partition coefficient (Wildman–Crippen LogP) is 4.40. The zero-order valence-corrected chi connectivity index (χ0v) is 16.8. The van der Waals surface area contributed by atoms with Gasteiger partial charge < -0.3 is 9.64 Å². The van der Waals surface area contributed by atoms with Crippen LogP contribution in [-0.2, 0) is 4.79 Å². The van der Waals surface area contributed by atoms with Gasteiger partial charge in [0.05, 0.1) is 5.69 Å². The second kappa shape index (κ2) is 9.82. The van der Waals surface area contributed by atoms with Crippen molar-refractivity contribution in [2.75, 3.05) is 32.6 Å². The largest absolute Gasteiger partial charge is 0.492 e. The Hall–Kier alpha value is -2.96. The smallest absolute Gasteiger partial charge is 0.250 e. The number of nitrogens with zero attached hydrogens (tertiary/aromatic N) is 2. The van der Waals surface area contributed by atoms with Gasteiger partial charge >= 0.3 is 0 Å². The van der Waals surface area contributed by atoms with Gasteiger partial charge in [-0.2, -0.15) is 0 Å². The first-order valence-electron chi connectivity index (χ1n) is 8.98. The zero-order valence-electron chi connectivity index (χ0n) is 16.0. The van der Waals surface area contributed by atoms with Crippen molar-refractivity contribution in [1.29, 1.82) is 0 Å². The van der Waals surface area contributed by atoms with Crippen LogP contribution in [0.25, 0.3) is 17.3 Å². The number of ether oxygens (including phenoxy) is 1. The summed E-state index contributed by atoms with van der Waals surface area (Å²) in [6.45, 7) is 1.43. The van der Waals surface area contributed by atoms with Gasteiger partial charge in [0.15, 0.2) is 5.13 Å². The Morgan fingerprint density at radius 1 is 1.14 bits per heavy atom. The van der Waals surface area contributed by atoms with Gasteiger partial charge in [-0.1, -0.05) is 42.5 Å². The van der Waals surface area contributed by atoms with Crippen molar-refractivity contribution in [1.82, 2.24) is 9.88 Å². The summed E-state index contributed by atoms with van der Waals surface area (Å²) in [7, 11) is 4.02. The Balaban J connectivity index is 1.65. The molecule has 6 heteroatoms.